The van der Waals surface area contributed by atoms with Gasteiger partial charge >= 0.3 is 0 Å². The van der Waals surface area contributed by atoms with Gasteiger partial charge in [0.1, 0.15) is 6.33 Å². The van der Waals surface area contributed by atoms with E-state index in [-0.39, 0.29) is 31.1 Å². The molecule has 1 aliphatic heterocycles. The number of nitrogens with one attached hydrogen (secondary N) is 3. The van der Waals surface area contributed by atoms with Gasteiger partial charge in [-0.3, -0.25) is 19.9 Å². The van der Waals surface area contributed by atoms with Crippen molar-refractivity contribution >= 4 is 23.6 Å². The molecule has 5 N–H and O–H groups in total. The minimum Gasteiger partial charge on any atom is -0.392 e. The molecule has 242 valence electrons. The summed E-state index contributed by atoms with van der Waals surface area (Å²) >= 11 is 1.56. The van der Waals surface area contributed by atoms with Crippen LogP contribution in [0.25, 0.3) is 11.1 Å². The van der Waals surface area contributed by atoms with E-state index >= 15 is 0 Å². The minimum atomic E-state index is -0.556. The molecule has 2 heterocycles. The maximum absolute atomic E-state index is 12.3. The van der Waals surface area contributed by atoms with Gasteiger partial charge in [0, 0.05) is 37.1 Å². The smallest absolute Gasteiger partial charge is 0.243 e. The number of aliphatic hydroxyl groups is 1. The number of thioether (sulfide) groups is 1. The van der Waals surface area contributed by atoms with Gasteiger partial charge in [-0.15, -0.1) is 0 Å². The van der Waals surface area contributed by atoms with Gasteiger partial charge in [0.2, 0.25) is 11.8 Å². The zero-order valence-corrected chi connectivity index (χ0v) is 26.2. The monoisotopic (exact) mass is 645 g/mol. The summed E-state index contributed by atoms with van der Waals surface area (Å²) in [4.78, 5) is 27.6. The zero-order chi connectivity index (χ0) is 32.1. The zero-order valence-electron chi connectivity index (χ0n) is 25.4. The van der Waals surface area contributed by atoms with Crippen molar-refractivity contribution in [3.05, 3.63) is 101 Å². The van der Waals surface area contributed by atoms with E-state index in [1.165, 1.54) is 6.33 Å². The number of carbonyl (C=O) groups excluding carboxylic acids is 2. The number of ether oxygens (including phenoxy) is 2. The Labute approximate surface area is 272 Å². The van der Waals surface area contributed by atoms with E-state index in [0.29, 0.717) is 38.0 Å². The molecule has 3 aromatic carbocycles. The van der Waals surface area contributed by atoms with Crippen molar-refractivity contribution in [2.45, 2.75) is 75.3 Å². The predicted octanol–water partition coefficient (Wildman–Crippen LogP) is 5.37. The van der Waals surface area contributed by atoms with E-state index < -0.39 is 12.2 Å². The normalized spacial score (nSPS) is 17.8. The molecule has 0 aliphatic carbocycles. The van der Waals surface area contributed by atoms with E-state index in [1.807, 2.05) is 54.6 Å². The highest BCUT2D eigenvalue weighted by Crippen LogP contribution is 2.39. The van der Waals surface area contributed by atoms with Crippen LogP contribution in [0.2, 0.25) is 0 Å². The van der Waals surface area contributed by atoms with Crippen LogP contribution in [0.4, 0.5) is 0 Å². The van der Waals surface area contributed by atoms with Gasteiger partial charge < -0.3 is 19.9 Å². The molecule has 12 heteroatoms. The number of aliphatic hydroxyl groups excluding tert-OH is 1. The molecule has 11 nitrogen and oxygen atoms in total. The first-order valence-electron chi connectivity index (χ1n) is 15.4. The predicted molar refractivity (Wildman–Crippen MR) is 172 cm³/mol. The highest BCUT2D eigenvalue weighted by atomic mass is 32.2. The van der Waals surface area contributed by atoms with Gasteiger partial charge in [-0.1, -0.05) is 84.9 Å². The lowest BCUT2D eigenvalue weighted by molar-refractivity contribution is -0.245. The summed E-state index contributed by atoms with van der Waals surface area (Å²) in [5.74, 6) is 0.243. The second kappa shape index (κ2) is 17.0. The Bertz CT molecular complexity index is 1530. The van der Waals surface area contributed by atoms with Crippen LogP contribution >= 0.6 is 11.8 Å². The van der Waals surface area contributed by atoms with E-state index in [2.05, 4.69) is 38.7 Å². The first-order chi connectivity index (χ1) is 22.5. The van der Waals surface area contributed by atoms with Crippen LogP contribution in [0.3, 0.4) is 0 Å². The highest BCUT2D eigenvalue weighted by Gasteiger charge is 2.32. The Morgan fingerprint density at radius 1 is 0.891 bits per heavy atom. The Morgan fingerprint density at radius 3 is 2.37 bits per heavy atom. The van der Waals surface area contributed by atoms with Gasteiger partial charge in [-0.25, -0.2) is 10.5 Å². The molecular formula is C34H39N5O6S. The maximum Gasteiger partial charge on any atom is 0.243 e. The fourth-order valence-corrected chi connectivity index (χ4v) is 6.04. The SMILES string of the molecule is O=C(CCCCCC(=O)NCc1cccc(-c2ccc([C@H]3O[C@@H](CSc4ncn[nH]4)C[C@@H](c4ccc(CO)cc4)O3)cc2)c1)NO. The standard InChI is InChI=1S/C34H39N5O6S/c40-20-23-9-11-26(12-10-23)30-18-29(21-46-34-36-22-37-38-34)44-33(45-30)27-15-13-25(14-16-27)28-6-4-5-24(17-28)19-35-31(41)7-2-1-3-8-32(42)39-43/h4-6,9-17,22,29-30,33,40,43H,1-3,7-8,18-21H2,(H,35,41)(H,39,42)(H,36,37,38)/t29-,30+,33+/m1/s1. The van der Waals surface area contributed by atoms with Gasteiger partial charge in [-0.05, 0) is 46.7 Å². The van der Waals surface area contributed by atoms with E-state index in [4.69, 9.17) is 14.7 Å². The van der Waals surface area contributed by atoms with Gasteiger partial charge in [-0.2, -0.15) is 5.10 Å². The van der Waals surface area contributed by atoms with Crippen LogP contribution in [0.15, 0.2) is 84.3 Å². The van der Waals surface area contributed by atoms with E-state index in [9.17, 15) is 14.7 Å². The number of carbonyl (C=O) groups is 2. The molecule has 4 aromatic rings. The molecule has 46 heavy (non-hydrogen) atoms. The van der Waals surface area contributed by atoms with Crippen LogP contribution in [0.5, 0.6) is 0 Å². The molecule has 0 radical (unpaired) electrons. The number of benzene rings is 3. The van der Waals surface area contributed by atoms with Crippen LogP contribution in [0, 0.1) is 0 Å². The number of hydroxylamine groups is 1. The molecule has 1 aliphatic rings. The molecule has 2 amide bonds. The lowest BCUT2D eigenvalue weighted by Crippen LogP contribution is -2.31. The molecule has 0 saturated carbocycles. The average Bonchev–Trinajstić information content (AvgIpc) is 3.63. The molecule has 1 aromatic heterocycles. The number of amides is 2. The van der Waals surface area contributed by atoms with Crippen molar-refractivity contribution in [2.75, 3.05) is 5.75 Å². The maximum atomic E-state index is 12.3. The van der Waals surface area contributed by atoms with E-state index in [1.54, 1.807) is 17.2 Å². The number of nitrogens with zero attached hydrogens (tertiary/aromatic N) is 2. The Balaban J connectivity index is 1.19. The second-order valence-electron chi connectivity index (χ2n) is 11.1. The third-order valence-corrected chi connectivity index (χ3v) is 8.79. The number of aromatic amines is 1. The summed E-state index contributed by atoms with van der Waals surface area (Å²) in [5, 5.41) is 28.5. The molecule has 5 rings (SSSR count). The molecule has 3 atom stereocenters. The quantitative estimate of drug-likeness (QED) is 0.0496. The average molecular weight is 646 g/mol. The summed E-state index contributed by atoms with van der Waals surface area (Å²) < 4.78 is 12.9. The third kappa shape index (κ3) is 9.71. The topological polar surface area (TPSA) is 159 Å². The summed E-state index contributed by atoms with van der Waals surface area (Å²) in [6.45, 7) is 0.421. The van der Waals surface area contributed by atoms with Crippen molar-refractivity contribution in [3.63, 3.8) is 0 Å². The summed E-state index contributed by atoms with van der Waals surface area (Å²) in [5.41, 5.74) is 7.48. The van der Waals surface area contributed by atoms with Crippen LogP contribution in [-0.4, -0.2) is 49.2 Å². The number of hydrogen-bond acceptors (Lipinski definition) is 9. The van der Waals surface area contributed by atoms with E-state index in [0.717, 1.165) is 45.0 Å². The minimum absolute atomic E-state index is 0.00556. The van der Waals surface area contributed by atoms with Gasteiger partial charge in [0.15, 0.2) is 11.4 Å². The van der Waals surface area contributed by atoms with Crippen LogP contribution in [-0.2, 0) is 32.2 Å². The summed E-state index contributed by atoms with van der Waals surface area (Å²) in [6.07, 6.45) is 4.04. The first-order valence-corrected chi connectivity index (χ1v) is 16.4. The number of aromatic nitrogens is 3. The number of hydrogen-bond donors (Lipinski definition) is 5. The first kappa shape index (κ1) is 33.3. The van der Waals surface area contributed by atoms with Crippen molar-refractivity contribution < 1.29 is 29.4 Å². The molecule has 1 fully saturated rings. The number of unbranched alkanes of at least 4 members (excludes halogenated alkanes) is 2. The molecule has 1 saturated heterocycles. The molecule has 0 spiro atoms. The fourth-order valence-electron chi connectivity index (χ4n) is 5.24. The lowest BCUT2D eigenvalue weighted by atomic mass is 9.99. The lowest BCUT2D eigenvalue weighted by Gasteiger charge is -2.36. The largest absolute Gasteiger partial charge is 0.392 e. The van der Waals surface area contributed by atoms with Crippen molar-refractivity contribution in [1.29, 1.82) is 0 Å². The Kier molecular flexibility index (Phi) is 12.3. The van der Waals surface area contributed by atoms with Crippen molar-refractivity contribution in [2.24, 2.45) is 0 Å². The molecule has 0 bridgehead atoms. The number of H-pyrrole nitrogens is 1. The Morgan fingerprint density at radius 2 is 1.65 bits per heavy atom. The highest BCUT2D eigenvalue weighted by molar-refractivity contribution is 7.99. The molecule has 0 unspecified atom stereocenters. The van der Waals surface area contributed by atoms with Gasteiger partial charge in [0.05, 0.1) is 18.8 Å². The molecular weight excluding hydrogens is 606 g/mol. The third-order valence-electron chi connectivity index (χ3n) is 7.78. The van der Waals surface area contributed by atoms with Crippen molar-refractivity contribution in [3.8, 4) is 11.1 Å². The summed E-state index contributed by atoms with van der Waals surface area (Å²) in [7, 11) is 0. The van der Waals surface area contributed by atoms with Crippen LogP contribution in [0.1, 0.15) is 73.2 Å². The second-order valence-corrected chi connectivity index (χ2v) is 12.2. The summed E-state index contributed by atoms with van der Waals surface area (Å²) in [6, 6.07) is 24.1. The fraction of sp³-hybridized carbons (Fsp3) is 0.353. The van der Waals surface area contributed by atoms with Gasteiger partial charge in [0.25, 0.3) is 0 Å². The van der Waals surface area contributed by atoms with Crippen molar-refractivity contribution in [1.82, 2.24) is 26.0 Å². The Hall–Kier alpha value is -4.07. The number of rotatable bonds is 15. The van der Waals surface area contributed by atoms with Crippen LogP contribution < -0.4 is 10.8 Å².